The first-order chi connectivity index (χ1) is 17.9. The van der Waals surface area contributed by atoms with E-state index >= 15 is 0 Å². The number of nitriles is 1. The lowest BCUT2D eigenvalue weighted by atomic mass is 9.80. The van der Waals surface area contributed by atoms with Gasteiger partial charge in [0.25, 0.3) is 0 Å². The normalized spacial score (nSPS) is 18.5. The van der Waals surface area contributed by atoms with Crippen molar-refractivity contribution < 1.29 is 22.7 Å². The van der Waals surface area contributed by atoms with Crippen LogP contribution in [0.4, 0.5) is 4.79 Å². The highest BCUT2D eigenvalue weighted by atomic mass is 32.2. The number of rotatable bonds is 6. The van der Waals surface area contributed by atoms with Gasteiger partial charge >= 0.3 is 6.09 Å². The first-order valence-corrected chi connectivity index (χ1v) is 14.3. The molecule has 10 heteroatoms. The lowest BCUT2D eigenvalue weighted by Gasteiger charge is -2.37. The van der Waals surface area contributed by atoms with E-state index in [2.05, 4.69) is 21.4 Å². The fraction of sp³-hybridized carbons (Fsp3) is 0.464. The Bertz CT molecular complexity index is 1350. The second kappa shape index (κ2) is 10.8. The average molecular weight is 539 g/mol. The molecule has 2 amide bonds. The van der Waals surface area contributed by atoms with Crippen LogP contribution in [0.15, 0.2) is 47.4 Å². The number of amides is 2. The van der Waals surface area contributed by atoms with Gasteiger partial charge in [-0.1, -0.05) is 49.6 Å². The zero-order chi connectivity index (χ0) is 27.6. The van der Waals surface area contributed by atoms with Gasteiger partial charge in [-0.15, -0.1) is 0 Å². The van der Waals surface area contributed by atoms with Gasteiger partial charge in [-0.25, -0.2) is 17.9 Å². The number of carbonyl (C=O) groups excluding carboxylic acids is 2. The molecule has 9 nitrogen and oxygen atoms in total. The van der Waals surface area contributed by atoms with E-state index in [1.54, 1.807) is 32.9 Å². The Labute approximate surface area is 224 Å². The number of alkyl carbamates (subject to hydrolysis) is 1. The van der Waals surface area contributed by atoms with E-state index in [1.807, 2.05) is 30.3 Å². The number of benzene rings is 2. The van der Waals surface area contributed by atoms with Crippen molar-refractivity contribution in [3.63, 3.8) is 0 Å². The van der Waals surface area contributed by atoms with Gasteiger partial charge in [-0.05, 0) is 68.0 Å². The number of hydrogen-bond acceptors (Lipinski definition) is 6. The minimum atomic E-state index is -3.41. The minimum Gasteiger partial charge on any atom is -0.444 e. The average Bonchev–Trinajstić information content (AvgIpc) is 3.17. The molecule has 0 aromatic heterocycles. The molecular formula is C28H34N4O5S. The highest BCUT2D eigenvalue weighted by molar-refractivity contribution is 7.89. The number of nitrogens with zero attached hydrogens (tertiary/aromatic N) is 1. The van der Waals surface area contributed by atoms with E-state index in [0.717, 1.165) is 41.5 Å². The molecule has 38 heavy (non-hydrogen) atoms. The van der Waals surface area contributed by atoms with Crippen LogP contribution >= 0.6 is 0 Å². The first kappa shape index (κ1) is 27.6. The minimum absolute atomic E-state index is 0.275. The number of sulfonamides is 1. The predicted molar refractivity (Wildman–Crippen MR) is 142 cm³/mol. The highest BCUT2D eigenvalue weighted by Crippen LogP contribution is 2.30. The molecule has 2 aromatic rings. The molecule has 0 spiro atoms. The molecule has 2 aromatic carbocycles. The molecule has 3 N–H and O–H groups in total. The maximum Gasteiger partial charge on any atom is 0.408 e. The Morgan fingerprint density at radius 3 is 2.37 bits per heavy atom. The topological polar surface area (TPSA) is 137 Å². The zero-order valence-electron chi connectivity index (χ0n) is 22.0. The molecule has 1 aliphatic heterocycles. The first-order valence-electron chi connectivity index (χ1n) is 12.8. The zero-order valence-corrected chi connectivity index (χ0v) is 22.8. The summed E-state index contributed by atoms with van der Waals surface area (Å²) in [5.41, 5.74) is 1.62. The third-order valence-electron chi connectivity index (χ3n) is 6.87. The summed E-state index contributed by atoms with van der Waals surface area (Å²) in [5.74, 6) is -0.368. The Hall–Kier alpha value is -3.42. The van der Waals surface area contributed by atoms with Gasteiger partial charge in [0.1, 0.15) is 17.2 Å². The SMILES string of the molecule is CC(C)(C)OC(=O)NC1(C(=O)N[C@H](C#N)Cc2ccc(-c3ccc4c(c3)CNS4(=O)=O)cc2)CCCCC1. The van der Waals surface area contributed by atoms with Crippen LogP contribution in [0.1, 0.15) is 64.0 Å². The van der Waals surface area contributed by atoms with Crippen LogP contribution in [0.25, 0.3) is 11.1 Å². The van der Waals surface area contributed by atoms with E-state index in [1.165, 1.54) is 0 Å². The lowest BCUT2D eigenvalue weighted by Crippen LogP contribution is -2.61. The van der Waals surface area contributed by atoms with Crippen molar-refractivity contribution in [3.8, 4) is 17.2 Å². The predicted octanol–water partition coefficient (Wildman–Crippen LogP) is 3.92. The molecule has 0 bridgehead atoms. The summed E-state index contributed by atoms with van der Waals surface area (Å²) in [7, 11) is -3.41. The molecule has 2 aliphatic rings. The van der Waals surface area contributed by atoms with Crippen molar-refractivity contribution in [2.75, 3.05) is 0 Å². The summed E-state index contributed by atoms with van der Waals surface area (Å²) in [6.07, 6.45) is 3.22. The Balaban J connectivity index is 1.43. The van der Waals surface area contributed by atoms with Crippen molar-refractivity contribution in [3.05, 3.63) is 53.6 Å². The molecule has 1 aliphatic carbocycles. The summed E-state index contributed by atoms with van der Waals surface area (Å²) < 4.78 is 31.9. The van der Waals surface area contributed by atoms with Crippen molar-refractivity contribution >= 4 is 22.0 Å². The molecule has 0 radical (unpaired) electrons. The van der Waals surface area contributed by atoms with Crippen molar-refractivity contribution in [2.45, 2.75) is 87.9 Å². The number of nitrogens with one attached hydrogen (secondary N) is 3. The fourth-order valence-corrected chi connectivity index (χ4v) is 6.19. The van der Waals surface area contributed by atoms with Crippen molar-refractivity contribution in [2.24, 2.45) is 0 Å². The van der Waals surface area contributed by atoms with Crippen LogP contribution in [-0.4, -0.2) is 37.6 Å². The van der Waals surface area contributed by atoms with Crippen LogP contribution in [0.5, 0.6) is 0 Å². The number of carbonyl (C=O) groups is 2. The maximum absolute atomic E-state index is 13.4. The van der Waals surface area contributed by atoms with Crippen LogP contribution in [0, 0.1) is 11.3 Å². The summed E-state index contributed by atoms with van der Waals surface area (Å²) in [6.45, 7) is 5.58. The van der Waals surface area contributed by atoms with Gasteiger partial charge in [0.2, 0.25) is 15.9 Å². The van der Waals surface area contributed by atoms with E-state index in [4.69, 9.17) is 4.74 Å². The number of fused-ring (bicyclic) bond motifs is 1. The largest absolute Gasteiger partial charge is 0.444 e. The Morgan fingerprint density at radius 2 is 1.74 bits per heavy atom. The van der Waals surface area contributed by atoms with Crippen LogP contribution in [0.3, 0.4) is 0 Å². The van der Waals surface area contributed by atoms with E-state index in [0.29, 0.717) is 24.2 Å². The smallest absolute Gasteiger partial charge is 0.408 e. The van der Waals surface area contributed by atoms with Crippen LogP contribution in [-0.2, 0) is 32.5 Å². The van der Waals surface area contributed by atoms with Crippen LogP contribution in [0.2, 0.25) is 0 Å². The molecular weight excluding hydrogens is 504 g/mol. The third kappa shape index (κ3) is 6.34. The fourth-order valence-electron chi connectivity index (χ4n) is 4.97. The standard InChI is InChI=1S/C28H34N4O5S/c1-27(2,3)37-26(34)32-28(13-5-4-6-14-28)25(33)31-23(17-29)15-19-7-9-20(10-8-19)21-11-12-24-22(16-21)18-30-38(24,35)36/h7-12,16,23,30H,4-6,13-15,18H2,1-3H3,(H,31,33)(H,32,34)/t23-/m0/s1. The summed E-state index contributed by atoms with van der Waals surface area (Å²) in [6, 6.07) is 14.3. The van der Waals surface area contributed by atoms with E-state index in [-0.39, 0.29) is 12.5 Å². The van der Waals surface area contributed by atoms with Gasteiger partial charge in [-0.2, -0.15) is 5.26 Å². The third-order valence-corrected chi connectivity index (χ3v) is 8.37. The van der Waals surface area contributed by atoms with Gasteiger partial charge < -0.3 is 15.4 Å². The number of ether oxygens (including phenoxy) is 1. The second-order valence-electron chi connectivity index (χ2n) is 11.0. The molecule has 4 rings (SSSR count). The van der Waals surface area contributed by atoms with Gasteiger partial charge in [0.05, 0.1) is 11.0 Å². The molecule has 0 saturated heterocycles. The van der Waals surface area contributed by atoms with Crippen molar-refractivity contribution in [1.82, 2.24) is 15.4 Å². The molecule has 0 unspecified atom stereocenters. The molecule has 1 saturated carbocycles. The van der Waals surface area contributed by atoms with Gasteiger partial charge in [0.15, 0.2) is 0 Å². The molecule has 1 atom stereocenters. The molecule has 1 fully saturated rings. The Kier molecular flexibility index (Phi) is 7.81. The number of hydrogen-bond donors (Lipinski definition) is 3. The van der Waals surface area contributed by atoms with Crippen LogP contribution < -0.4 is 15.4 Å². The lowest BCUT2D eigenvalue weighted by molar-refractivity contribution is -0.129. The summed E-state index contributed by atoms with van der Waals surface area (Å²) in [5, 5.41) is 15.4. The quantitative estimate of drug-likeness (QED) is 0.510. The maximum atomic E-state index is 13.4. The van der Waals surface area contributed by atoms with Gasteiger partial charge in [0, 0.05) is 13.0 Å². The highest BCUT2D eigenvalue weighted by Gasteiger charge is 2.42. The summed E-state index contributed by atoms with van der Waals surface area (Å²) >= 11 is 0. The van der Waals surface area contributed by atoms with Gasteiger partial charge in [-0.3, -0.25) is 4.79 Å². The monoisotopic (exact) mass is 538 g/mol. The van der Waals surface area contributed by atoms with E-state index < -0.39 is 33.3 Å². The Morgan fingerprint density at radius 1 is 1.08 bits per heavy atom. The van der Waals surface area contributed by atoms with E-state index in [9.17, 15) is 23.3 Å². The summed E-state index contributed by atoms with van der Waals surface area (Å²) in [4.78, 5) is 26.2. The molecule has 202 valence electrons. The van der Waals surface area contributed by atoms with Crippen molar-refractivity contribution in [1.29, 1.82) is 5.26 Å². The second-order valence-corrected chi connectivity index (χ2v) is 12.7. The molecule has 1 heterocycles.